The zero-order chi connectivity index (χ0) is 12.6. The molecule has 0 aliphatic rings. The largest absolute Gasteiger partial charge is 0.440 e. The van der Waals surface area contributed by atoms with Crippen LogP contribution in [0.2, 0.25) is 0 Å². The highest BCUT2D eigenvalue weighted by Gasteiger charge is 2.20. The Bertz CT molecular complexity index is 528. The van der Waals surface area contributed by atoms with Gasteiger partial charge in [0.1, 0.15) is 5.52 Å². The molecule has 0 aliphatic heterocycles. The number of benzene rings is 1. The van der Waals surface area contributed by atoms with Gasteiger partial charge in [0.2, 0.25) is 0 Å². The lowest BCUT2D eigenvalue weighted by atomic mass is 9.96. The molecule has 0 saturated carbocycles. The fourth-order valence-corrected chi connectivity index (χ4v) is 2.21. The van der Waals surface area contributed by atoms with Crippen LogP contribution in [0.1, 0.15) is 36.8 Å². The molecule has 2 N–H and O–H groups in total. The zero-order valence-electron chi connectivity index (χ0n) is 10.9. The Balaban J connectivity index is 2.54. The first-order valence-corrected chi connectivity index (χ1v) is 6.10. The quantitative estimate of drug-likeness (QED) is 0.884. The van der Waals surface area contributed by atoms with Gasteiger partial charge in [0.25, 0.3) is 0 Å². The van der Waals surface area contributed by atoms with Crippen LogP contribution in [0.15, 0.2) is 16.5 Å². The van der Waals surface area contributed by atoms with Crippen molar-refractivity contribution in [3.05, 3.63) is 29.2 Å². The van der Waals surface area contributed by atoms with Gasteiger partial charge in [-0.05, 0) is 37.0 Å². The summed E-state index contributed by atoms with van der Waals surface area (Å²) in [7, 11) is 0. The van der Waals surface area contributed by atoms with Crippen molar-refractivity contribution >= 4 is 11.1 Å². The molecular formula is C14H20N2O. The molecule has 1 aromatic heterocycles. The number of aromatic nitrogens is 1. The van der Waals surface area contributed by atoms with Crippen molar-refractivity contribution in [2.24, 2.45) is 11.7 Å². The maximum Gasteiger partial charge on any atom is 0.200 e. The summed E-state index contributed by atoms with van der Waals surface area (Å²) in [5, 5.41) is 0. The topological polar surface area (TPSA) is 52.0 Å². The Morgan fingerprint density at radius 3 is 2.59 bits per heavy atom. The maximum atomic E-state index is 5.88. The van der Waals surface area contributed by atoms with Gasteiger partial charge < -0.3 is 10.2 Å². The highest BCUT2D eigenvalue weighted by atomic mass is 16.3. The van der Waals surface area contributed by atoms with Gasteiger partial charge in [0.05, 0.1) is 5.92 Å². The first-order valence-electron chi connectivity index (χ1n) is 6.10. The van der Waals surface area contributed by atoms with Crippen LogP contribution in [0.4, 0.5) is 0 Å². The predicted molar refractivity (Wildman–Crippen MR) is 70.1 cm³/mol. The second kappa shape index (κ2) is 4.49. The van der Waals surface area contributed by atoms with Crippen molar-refractivity contribution in [2.75, 3.05) is 6.54 Å². The minimum atomic E-state index is 0.196. The molecule has 0 fully saturated rings. The molecule has 0 radical (unpaired) electrons. The third-order valence-corrected chi connectivity index (χ3v) is 3.21. The summed E-state index contributed by atoms with van der Waals surface area (Å²) in [6.45, 7) is 8.98. The molecule has 0 bridgehead atoms. The van der Waals surface area contributed by atoms with Crippen LogP contribution in [-0.4, -0.2) is 11.5 Å². The highest BCUT2D eigenvalue weighted by molar-refractivity contribution is 5.77. The van der Waals surface area contributed by atoms with E-state index in [4.69, 9.17) is 10.2 Å². The van der Waals surface area contributed by atoms with E-state index in [1.165, 1.54) is 5.56 Å². The molecule has 0 aliphatic carbocycles. The van der Waals surface area contributed by atoms with E-state index in [9.17, 15) is 0 Å². The van der Waals surface area contributed by atoms with Crippen molar-refractivity contribution in [2.45, 2.75) is 33.6 Å². The molecular weight excluding hydrogens is 212 g/mol. The molecule has 1 heterocycles. The number of oxazole rings is 1. The van der Waals surface area contributed by atoms with Crippen molar-refractivity contribution < 1.29 is 4.42 Å². The summed E-state index contributed by atoms with van der Waals surface area (Å²) in [4.78, 5) is 4.58. The fraction of sp³-hybridized carbons (Fsp3) is 0.500. The third kappa shape index (κ3) is 2.20. The summed E-state index contributed by atoms with van der Waals surface area (Å²) < 4.78 is 5.88. The van der Waals surface area contributed by atoms with Gasteiger partial charge in [-0.2, -0.15) is 0 Å². The fourth-order valence-electron chi connectivity index (χ4n) is 2.21. The van der Waals surface area contributed by atoms with Crippen LogP contribution in [0, 0.1) is 19.8 Å². The lowest BCUT2D eigenvalue weighted by Gasteiger charge is -2.14. The van der Waals surface area contributed by atoms with Crippen molar-refractivity contribution in [3.63, 3.8) is 0 Å². The van der Waals surface area contributed by atoms with Crippen LogP contribution in [-0.2, 0) is 0 Å². The molecule has 17 heavy (non-hydrogen) atoms. The third-order valence-electron chi connectivity index (χ3n) is 3.21. The van der Waals surface area contributed by atoms with E-state index in [0.29, 0.717) is 12.5 Å². The summed E-state index contributed by atoms with van der Waals surface area (Å²) >= 11 is 0. The SMILES string of the molecule is Cc1cc(C)c2oc(C(CN)C(C)C)nc2c1. The normalized spacial score (nSPS) is 13.5. The van der Waals surface area contributed by atoms with Crippen LogP contribution < -0.4 is 5.73 Å². The van der Waals surface area contributed by atoms with Crippen LogP contribution in [0.5, 0.6) is 0 Å². The summed E-state index contributed by atoms with van der Waals surface area (Å²) in [5.74, 6) is 1.41. The minimum Gasteiger partial charge on any atom is -0.440 e. The number of hydrogen-bond donors (Lipinski definition) is 1. The van der Waals surface area contributed by atoms with E-state index in [1.54, 1.807) is 0 Å². The molecule has 92 valence electrons. The number of nitrogens with two attached hydrogens (primary N) is 1. The van der Waals surface area contributed by atoms with Gasteiger partial charge in [0.15, 0.2) is 11.5 Å². The smallest absolute Gasteiger partial charge is 0.200 e. The second-order valence-electron chi connectivity index (χ2n) is 5.07. The van der Waals surface area contributed by atoms with E-state index in [2.05, 4.69) is 44.8 Å². The Labute approximate surface area is 102 Å². The van der Waals surface area contributed by atoms with Gasteiger partial charge in [-0.1, -0.05) is 19.9 Å². The average molecular weight is 232 g/mol. The van der Waals surface area contributed by atoms with Crippen molar-refractivity contribution in [1.29, 1.82) is 0 Å². The first kappa shape index (κ1) is 12.1. The summed E-state index contributed by atoms with van der Waals surface area (Å²) in [6.07, 6.45) is 0. The van der Waals surface area contributed by atoms with Gasteiger partial charge in [0, 0.05) is 6.54 Å². The minimum absolute atomic E-state index is 0.196. The first-order chi connectivity index (χ1) is 8.02. The van der Waals surface area contributed by atoms with Crippen molar-refractivity contribution in [3.8, 4) is 0 Å². The molecule has 2 aromatic rings. The molecule has 1 unspecified atom stereocenters. The Hall–Kier alpha value is -1.35. The lowest BCUT2D eigenvalue weighted by molar-refractivity contribution is 0.400. The Morgan fingerprint density at radius 2 is 2.00 bits per heavy atom. The van der Waals surface area contributed by atoms with E-state index in [-0.39, 0.29) is 5.92 Å². The zero-order valence-corrected chi connectivity index (χ0v) is 10.9. The average Bonchev–Trinajstić information content (AvgIpc) is 2.61. The number of hydrogen-bond acceptors (Lipinski definition) is 3. The highest BCUT2D eigenvalue weighted by Crippen LogP contribution is 2.28. The van der Waals surface area contributed by atoms with E-state index < -0.39 is 0 Å². The number of nitrogens with zero attached hydrogens (tertiary/aromatic N) is 1. The lowest BCUT2D eigenvalue weighted by Crippen LogP contribution is -2.17. The molecule has 1 aromatic carbocycles. The molecule has 0 spiro atoms. The molecule has 0 saturated heterocycles. The molecule has 2 rings (SSSR count). The molecule has 0 amide bonds. The molecule has 3 heteroatoms. The number of aryl methyl sites for hydroxylation is 2. The molecule has 1 atom stereocenters. The van der Waals surface area contributed by atoms with Gasteiger partial charge in [-0.25, -0.2) is 4.98 Å². The second-order valence-corrected chi connectivity index (χ2v) is 5.07. The van der Waals surface area contributed by atoms with Gasteiger partial charge >= 0.3 is 0 Å². The van der Waals surface area contributed by atoms with Crippen molar-refractivity contribution in [1.82, 2.24) is 4.98 Å². The van der Waals surface area contributed by atoms with E-state index in [0.717, 1.165) is 22.6 Å². The van der Waals surface area contributed by atoms with Crippen LogP contribution in [0.25, 0.3) is 11.1 Å². The standard InChI is InChI=1S/C14H20N2O/c1-8(2)11(7-15)14-16-12-6-9(3)5-10(4)13(12)17-14/h5-6,8,11H,7,15H2,1-4H3. The predicted octanol–water partition coefficient (Wildman–Crippen LogP) is 3.14. The van der Waals surface area contributed by atoms with Crippen LogP contribution >= 0.6 is 0 Å². The maximum absolute atomic E-state index is 5.88. The van der Waals surface area contributed by atoms with Gasteiger partial charge in [-0.15, -0.1) is 0 Å². The monoisotopic (exact) mass is 232 g/mol. The van der Waals surface area contributed by atoms with E-state index >= 15 is 0 Å². The van der Waals surface area contributed by atoms with E-state index in [1.807, 2.05) is 0 Å². The molecule has 3 nitrogen and oxygen atoms in total. The van der Waals surface area contributed by atoms with Gasteiger partial charge in [-0.3, -0.25) is 0 Å². The summed E-state index contributed by atoms with van der Waals surface area (Å²) in [6, 6.07) is 4.17. The Kier molecular flexibility index (Phi) is 3.20. The Morgan fingerprint density at radius 1 is 1.29 bits per heavy atom. The number of rotatable bonds is 3. The number of fused-ring (bicyclic) bond motifs is 1. The van der Waals surface area contributed by atoms with Crippen LogP contribution in [0.3, 0.4) is 0 Å². The summed E-state index contributed by atoms with van der Waals surface area (Å²) in [5.41, 5.74) is 9.98.